The summed E-state index contributed by atoms with van der Waals surface area (Å²) in [5.41, 5.74) is 4.69. The maximum atomic E-state index is 12.2. The molecule has 0 unspecified atom stereocenters. The second kappa shape index (κ2) is 7.08. The first-order chi connectivity index (χ1) is 12.6. The summed E-state index contributed by atoms with van der Waals surface area (Å²) in [6, 6.07) is 7.21. The van der Waals surface area contributed by atoms with E-state index in [-0.39, 0.29) is 5.70 Å². The zero-order valence-corrected chi connectivity index (χ0v) is 17.0. The maximum absolute atomic E-state index is 12.2. The van der Waals surface area contributed by atoms with Crippen LogP contribution >= 0.6 is 0 Å². The Bertz CT molecular complexity index is 946. The van der Waals surface area contributed by atoms with Gasteiger partial charge in [-0.25, -0.2) is 16.8 Å². The van der Waals surface area contributed by atoms with E-state index in [1.54, 1.807) is 24.3 Å². The molecule has 1 aromatic rings. The number of hydrogen-bond donors (Lipinski definition) is 1. The molecule has 1 aliphatic heterocycles. The molecule has 0 amide bonds. The summed E-state index contributed by atoms with van der Waals surface area (Å²) in [4.78, 5) is 0. The highest BCUT2D eigenvalue weighted by atomic mass is 32.3. The summed E-state index contributed by atoms with van der Waals surface area (Å²) in [5, 5.41) is 1.75. The van der Waals surface area contributed by atoms with Crippen LogP contribution in [0.3, 0.4) is 0 Å². The molecule has 3 rings (SSSR count). The number of allylic oxidation sites excluding steroid dienone is 1. The average molecular weight is 414 g/mol. The smallest absolute Gasteiger partial charge is 0.245 e. The van der Waals surface area contributed by atoms with Crippen molar-refractivity contribution >= 4 is 25.7 Å². The van der Waals surface area contributed by atoms with Gasteiger partial charge in [0.2, 0.25) is 20.0 Å². The number of sulfonamides is 2. The molecule has 1 aliphatic carbocycles. The molecule has 0 radical (unpaired) electrons. The summed E-state index contributed by atoms with van der Waals surface area (Å²) >= 11 is 0. The van der Waals surface area contributed by atoms with Crippen molar-refractivity contribution in [1.29, 1.82) is 0 Å². The molecule has 1 N–H and O–H groups in total. The first-order valence-corrected chi connectivity index (χ1v) is 12.1. The van der Waals surface area contributed by atoms with Crippen LogP contribution in [0, 0.1) is 5.92 Å². The van der Waals surface area contributed by atoms with Gasteiger partial charge in [-0.05, 0) is 54.7 Å². The maximum Gasteiger partial charge on any atom is 0.245 e. The SMILES string of the molecule is COc1ccc(C2=CC(N(S(C)(=O)=O)S(C)(=O)=O)=CN(CC3CC3)N2)cc1. The fourth-order valence-electron chi connectivity index (χ4n) is 2.89. The Labute approximate surface area is 160 Å². The molecule has 1 fully saturated rings. The molecule has 0 atom stereocenters. The predicted molar refractivity (Wildman–Crippen MR) is 103 cm³/mol. The van der Waals surface area contributed by atoms with E-state index in [4.69, 9.17) is 4.74 Å². The van der Waals surface area contributed by atoms with Crippen LogP contribution < -0.4 is 10.2 Å². The van der Waals surface area contributed by atoms with Gasteiger partial charge in [0.25, 0.3) is 0 Å². The van der Waals surface area contributed by atoms with Gasteiger partial charge >= 0.3 is 0 Å². The van der Waals surface area contributed by atoms with Crippen molar-refractivity contribution in [1.82, 2.24) is 14.1 Å². The van der Waals surface area contributed by atoms with Crippen molar-refractivity contribution < 1.29 is 21.6 Å². The second-order valence-electron chi connectivity index (χ2n) is 6.77. The molecule has 2 aliphatic rings. The molecule has 0 bridgehead atoms. The minimum atomic E-state index is -4.02. The molecule has 0 aromatic heterocycles. The molecule has 0 spiro atoms. The van der Waals surface area contributed by atoms with Crippen LogP contribution in [-0.2, 0) is 20.0 Å². The molecule has 148 valence electrons. The van der Waals surface area contributed by atoms with Crippen LogP contribution in [0.25, 0.3) is 5.70 Å². The summed E-state index contributed by atoms with van der Waals surface area (Å²) < 4.78 is 54.3. The third-order valence-corrected chi connectivity index (χ3v) is 7.46. The molecule has 1 saturated carbocycles. The van der Waals surface area contributed by atoms with Crippen molar-refractivity contribution in [2.45, 2.75) is 12.8 Å². The zero-order valence-electron chi connectivity index (χ0n) is 15.4. The quantitative estimate of drug-likeness (QED) is 0.720. The van der Waals surface area contributed by atoms with Gasteiger partial charge in [-0.2, -0.15) is 3.71 Å². The van der Waals surface area contributed by atoms with Crippen molar-refractivity contribution in [2.75, 3.05) is 26.2 Å². The van der Waals surface area contributed by atoms with E-state index < -0.39 is 20.0 Å². The van der Waals surface area contributed by atoms with Crippen molar-refractivity contribution in [2.24, 2.45) is 5.92 Å². The number of ether oxygens (including phenoxy) is 1. The number of hydrazine groups is 1. The molecule has 10 heteroatoms. The first-order valence-electron chi connectivity index (χ1n) is 8.39. The number of hydrogen-bond acceptors (Lipinski definition) is 7. The van der Waals surface area contributed by atoms with Gasteiger partial charge in [0, 0.05) is 12.7 Å². The van der Waals surface area contributed by atoms with Crippen molar-refractivity contribution in [3.8, 4) is 5.75 Å². The third-order valence-electron chi connectivity index (χ3n) is 4.21. The lowest BCUT2D eigenvalue weighted by atomic mass is 10.1. The molecular weight excluding hydrogens is 390 g/mol. The summed E-state index contributed by atoms with van der Waals surface area (Å²) in [7, 11) is -6.46. The fourth-order valence-corrected chi connectivity index (χ4v) is 5.82. The van der Waals surface area contributed by atoms with Gasteiger partial charge in [0.05, 0.1) is 31.0 Å². The Balaban J connectivity index is 2.04. The van der Waals surface area contributed by atoms with Crippen molar-refractivity contribution in [3.63, 3.8) is 0 Å². The highest BCUT2D eigenvalue weighted by molar-refractivity contribution is 8.03. The van der Waals surface area contributed by atoms with E-state index in [1.807, 2.05) is 12.1 Å². The van der Waals surface area contributed by atoms with E-state index >= 15 is 0 Å². The summed E-state index contributed by atoms with van der Waals surface area (Å²) in [6.07, 6.45) is 7.00. The van der Waals surface area contributed by atoms with Gasteiger partial charge in [-0.15, -0.1) is 0 Å². The van der Waals surface area contributed by atoms with Gasteiger partial charge in [-0.1, -0.05) is 0 Å². The molecule has 1 heterocycles. The Hall–Kier alpha value is -2.20. The van der Waals surface area contributed by atoms with Crippen LogP contribution in [0.15, 0.2) is 42.2 Å². The number of nitrogens with zero attached hydrogens (tertiary/aromatic N) is 2. The van der Waals surface area contributed by atoms with Crippen LogP contribution in [0.4, 0.5) is 0 Å². The van der Waals surface area contributed by atoms with Gasteiger partial charge in [0.15, 0.2) is 0 Å². The molecular formula is C17H23N3O5S2. The Kier molecular flexibility index (Phi) is 5.13. The lowest BCUT2D eigenvalue weighted by molar-refractivity contribution is 0.302. The highest BCUT2D eigenvalue weighted by Gasteiger charge is 2.32. The summed E-state index contributed by atoms with van der Waals surface area (Å²) in [5.74, 6) is 1.20. The molecule has 0 saturated heterocycles. The fraction of sp³-hybridized carbons (Fsp3) is 0.412. The minimum absolute atomic E-state index is 0.0743. The number of nitrogens with one attached hydrogen (secondary N) is 1. The monoisotopic (exact) mass is 413 g/mol. The Morgan fingerprint density at radius 3 is 2.19 bits per heavy atom. The van der Waals surface area contributed by atoms with Crippen molar-refractivity contribution in [3.05, 3.63) is 47.8 Å². The van der Waals surface area contributed by atoms with E-state index in [0.29, 0.717) is 27.6 Å². The van der Waals surface area contributed by atoms with Crippen LogP contribution in [0.2, 0.25) is 0 Å². The number of methoxy groups -OCH3 is 1. The zero-order chi connectivity index (χ0) is 19.8. The number of rotatable bonds is 7. The van der Waals surface area contributed by atoms with Crippen LogP contribution in [0.1, 0.15) is 18.4 Å². The van der Waals surface area contributed by atoms with Crippen LogP contribution in [-0.4, -0.2) is 51.7 Å². The first kappa shape index (κ1) is 19.6. The van der Waals surface area contributed by atoms with E-state index in [1.165, 1.54) is 12.3 Å². The lowest BCUT2D eigenvalue weighted by Gasteiger charge is -2.32. The standard InChI is InChI=1S/C17H23N3O5S2/c1-25-16-8-6-14(7-9-16)17-10-15(12-19(18-17)11-13-4-5-13)20(26(2,21)22)27(3,23)24/h6-10,12-13,18H,4-5,11H2,1-3H3. The Morgan fingerprint density at radius 2 is 1.70 bits per heavy atom. The van der Waals surface area contributed by atoms with Gasteiger partial charge in [0.1, 0.15) is 5.75 Å². The average Bonchev–Trinajstić information content (AvgIpc) is 3.36. The summed E-state index contributed by atoms with van der Waals surface area (Å²) in [6.45, 7) is 0.665. The molecule has 8 nitrogen and oxygen atoms in total. The van der Waals surface area contributed by atoms with Crippen LogP contribution in [0.5, 0.6) is 5.75 Å². The van der Waals surface area contributed by atoms with E-state index in [2.05, 4.69) is 5.43 Å². The lowest BCUT2D eigenvalue weighted by Crippen LogP contribution is -2.41. The number of benzene rings is 1. The normalized spacial score (nSPS) is 17.7. The predicted octanol–water partition coefficient (Wildman–Crippen LogP) is 1.33. The topological polar surface area (TPSA) is 96.0 Å². The molecule has 1 aromatic carbocycles. The minimum Gasteiger partial charge on any atom is -0.497 e. The van der Waals surface area contributed by atoms with E-state index in [0.717, 1.165) is 30.9 Å². The molecule has 27 heavy (non-hydrogen) atoms. The van der Waals surface area contributed by atoms with Gasteiger partial charge in [-0.3, -0.25) is 10.4 Å². The Morgan fingerprint density at radius 1 is 1.11 bits per heavy atom. The second-order valence-corrected chi connectivity index (χ2v) is 10.7. The van der Waals surface area contributed by atoms with Gasteiger partial charge < -0.3 is 4.74 Å². The highest BCUT2D eigenvalue weighted by Crippen LogP contribution is 2.32. The third kappa shape index (κ3) is 4.75. The van der Waals surface area contributed by atoms with E-state index in [9.17, 15) is 16.8 Å². The largest absolute Gasteiger partial charge is 0.497 e.